The van der Waals surface area contributed by atoms with Gasteiger partial charge in [0.25, 0.3) is 5.91 Å². The molecule has 0 spiro atoms. The fraction of sp³-hybridized carbons (Fsp3) is 0.381. The predicted molar refractivity (Wildman–Crippen MR) is 110 cm³/mol. The largest absolute Gasteiger partial charge is 0.337 e. The van der Waals surface area contributed by atoms with Gasteiger partial charge in [0, 0.05) is 54.7 Å². The van der Waals surface area contributed by atoms with Crippen molar-refractivity contribution in [2.75, 3.05) is 26.2 Å². The van der Waals surface area contributed by atoms with E-state index in [1.54, 1.807) is 12.1 Å². The van der Waals surface area contributed by atoms with Crippen LogP contribution in [0.5, 0.6) is 0 Å². The number of halogens is 1. The normalized spacial score (nSPS) is 15.8. The first-order chi connectivity index (χ1) is 13.5. The summed E-state index contributed by atoms with van der Waals surface area (Å²) in [5, 5.41) is 0.592. The standard InChI is InChI=1S/C21H24ClN5O/c1-15-11-16(2)27-19(13-23-21(27)24-15)14-25-7-4-8-26(10-9-25)20(28)17-5-3-6-18(22)12-17/h3,5-6,11-13H,4,7-10,14H2,1-2H3. The molecule has 28 heavy (non-hydrogen) atoms. The molecule has 1 aromatic carbocycles. The number of imidazole rings is 1. The molecule has 6 nitrogen and oxygen atoms in total. The second-order valence-corrected chi connectivity index (χ2v) is 7.79. The second-order valence-electron chi connectivity index (χ2n) is 7.36. The van der Waals surface area contributed by atoms with Crippen LogP contribution in [0.2, 0.25) is 5.02 Å². The quantitative estimate of drug-likeness (QED) is 0.680. The van der Waals surface area contributed by atoms with Crippen LogP contribution in [0.15, 0.2) is 36.5 Å². The van der Waals surface area contributed by atoms with Crippen LogP contribution in [0.3, 0.4) is 0 Å². The maximum atomic E-state index is 12.8. The molecule has 0 aliphatic carbocycles. The van der Waals surface area contributed by atoms with Gasteiger partial charge < -0.3 is 4.90 Å². The van der Waals surface area contributed by atoms with Crippen molar-refractivity contribution in [2.45, 2.75) is 26.8 Å². The van der Waals surface area contributed by atoms with E-state index in [0.29, 0.717) is 17.1 Å². The maximum Gasteiger partial charge on any atom is 0.253 e. The fourth-order valence-electron chi connectivity index (χ4n) is 3.87. The molecule has 0 bridgehead atoms. The highest BCUT2D eigenvalue weighted by molar-refractivity contribution is 6.30. The van der Waals surface area contributed by atoms with E-state index >= 15 is 0 Å². The van der Waals surface area contributed by atoms with Crippen LogP contribution < -0.4 is 0 Å². The van der Waals surface area contributed by atoms with Crippen molar-refractivity contribution in [3.05, 3.63) is 64.2 Å². The highest BCUT2D eigenvalue weighted by atomic mass is 35.5. The van der Waals surface area contributed by atoms with Crippen LogP contribution in [0.25, 0.3) is 5.78 Å². The van der Waals surface area contributed by atoms with Crippen LogP contribution in [-0.2, 0) is 6.54 Å². The minimum atomic E-state index is 0.0506. The third-order valence-corrected chi connectivity index (χ3v) is 5.43. The number of nitrogens with zero attached hydrogens (tertiary/aromatic N) is 5. The van der Waals surface area contributed by atoms with Gasteiger partial charge in [-0.1, -0.05) is 17.7 Å². The van der Waals surface area contributed by atoms with Gasteiger partial charge in [-0.25, -0.2) is 9.97 Å². The number of fused-ring (bicyclic) bond motifs is 1. The lowest BCUT2D eigenvalue weighted by molar-refractivity contribution is 0.0761. The fourth-order valence-corrected chi connectivity index (χ4v) is 4.06. The molecule has 0 atom stereocenters. The highest BCUT2D eigenvalue weighted by Gasteiger charge is 2.21. The smallest absolute Gasteiger partial charge is 0.253 e. The van der Waals surface area contributed by atoms with Gasteiger partial charge >= 0.3 is 0 Å². The second kappa shape index (κ2) is 7.89. The Hall–Kier alpha value is -2.44. The lowest BCUT2D eigenvalue weighted by Crippen LogP contribution is -2.35. The van der Waals surface area contributed by atoms with E-state index in [2.05, 4.69) is 32.3 Å². The van der Waals surface area contributed by atoms with Crippen LogP contribution in [0.1, 0.15) is 33.9 Å². The average Bonchev–Trinajstić information content (AvgIpc) is 2.91. The summed E-state index contributed by atoms with van der Waals surface area (Å²) < 4.78 is 2.12. The number of hydrogen-bond acceptors (Lipinski definition) is 4. The maximum absolute atomic E-state index is 12.8. The van der Waals surface area contributed by atoms with Gasteiger partial charge in [-0.2, -0.15) is 0 Å². The SMILES string of the molecule is Cc1cc(C)n2c(CN3CCCN(C(=O)c4cccc(Cl)c4)CC3)cnc2n1. The number of benzene rings is 1. The molecule has 1 fully saturated rings. The minimum absolute atomic E-state index is 0.0506. The Balaban J connectivity index is 1.45. The first-order valence-electron chi connectivity index (χ1n) is 9.59. The van der Waals surface area contributed by atoms with Gasteiger partial charge in [-0.3, -0.25) is 14.1 Å². The number of hydrogen-bond donors (Lipinski definition) is 0. The predicted octanol–water partition coefficient (Wildman–Crippen LogP) is 3.35. The molecule has 0 radical (unpaired) electrons. The van der Waals surface area contributed by atoms with E-state index < -0.39 is 0 Å². The zero-order chi connectivity index (χ0) is 19.7. The third kappa shape index (κ3) is 3.88. The Bertz CT molecular complexity index is 1020. The number of amides is 1. The molecule has 7 heteroatoms. The number of aromatic nitrogens is 3. The zero-order valence-corrected chi connectivity index (χ0v) is 17.0. The molecule has 3 aromatic rings. The molecule has 1 amide bonds. The van der Waals surface area contributed by atoms with Crippen molar-refractivity contribution in [3.8, 4) is 0 Å². The van der Waals surface area contributed by atoms with Crippen molar-refractivity contribution < 1.29 is 4.79 Å². The van der Waals surface area contributed by atoms with Crippen molar-refractivity contribution >= 4 is 23.3 Å². The Morgan fingerprint density at radius 2 is 2.00 bits per heavy atom. The van der Waals surface area contributed by atoms with E-state index in [1.807, 2.05) is 30.2 Å². The van der Waals surface area contributed by atoms with Crippen molar-refractivity contribution in [1.29, 1.82) is 0 Å². The van der Waals surface area contributed by atoms with Crippen molar-refractivity contribution in [2.24, 2.45) is 0 Å². The summed E-state index contributed by atoms with van der Waals surface area (Å²) in [6.45, 7) is 8.12. The van der Waals surface area contributed by atoms with E-state index in [0.717, 1.165) is 55.5 Å². The Morgan fingerprint density at radius 3 is 2.82 bits per heavy atom. The molecule has 3 heterocycles. The zero-order valence-electron chi connectivity index (χ0n) is 16.2. The van der Waals surface area contributed by atoms with Crippen LogP contribution >= 0.6 is 11.6 Å². The third-order valence-electron chi connectivity index (χ3n) is 5.20. The number of aryl methyl sites for hydroxylation is 2. The molecule has 2 aromatic heterocycles. The Kier molecular flexibility index (Phi) is 5.33. The van der Waals surface area contributed by atoms with Gasteiger partial charge in [0.2, 0.25) is 5.78 Å². The van der Waals surface area contributed by atoms with Gasteiger partial charge in [0.15, 0.2) is 0 Å². The van der Waals surface area contributed by atoms with Crippen molar-refractivity contribution in [3.63, 3.8) is 0 Å². The number of carbonyl (C=O) groups is 1. The van der Waals surface area contributed by atoms with Gasteiger partial charge in [0.05, 0.1) is 11.9 Å². The van der Waals surface area contributed by atoms with Gasteiger partial charge in [-0.05, 0) is 44.5 Å². The van der Waals surface area contributed by atoms with Gasteiger partial charge in [-0.15, -0.1) is 0 Å². The average molecular weight is 398 g/mol. The van der Waals surface area contributed by atoms with Crippen LogP contribution in [0, 0.1) is 13.8 Å². The highest BCUT2D eigenvalue weighted by Crippen LogP contribution is 2.16. The number of rotatable bonds is 3. The molecule has 1 aliphatic rings. The molecular formula is C21H24ClN5O. The summed E-state index contributed by atoms with van der Waals surface area (Å²) in [7, 11) is 0. The topological polar surface area (TPSA) is 53.7 Å². The summed E-state index contributed by atoms with van der Waals surface area (Å²) in [4.78, 5) is 26.1. The molecule has 0 saturated carbocycles. The molecule has 0 unspecified atom stereocenters. The van der Waals surface area contributed by atoms with Crippen LogP contribution in [0.4, 0.5) is 0 Å². The summed E-state index contributed by atoms with van der Waals surface area (Å²) in [5.74, 6) is 0.801. The van der Waals surface area contributed by atoms with Crippen molar-refractivity contribution in [1.82, 2.24) is 24.2 Å². The summed E-state index contributed by atoms with van der Waals surface area (Å²) in [6, 6.07) is 9.25. The van der Waals surface area contributed by atoms with Gasteiger partial charge in [0.1, 0.15) is 0 Å². The van der Waals surface area contributed by atoms with E-state index in [9.17, 15) is 4.79 Å². The number of carbonyl (C=O) groups excluding carboxylic acids is 1. The first-order valence-corrected chi connectivity index (χ1v) is 9.97. The van der Waals surface area contributed by atoms with E-state index in [-0.39, 0.29) is 5.91 Å². The van der Waals surface area contributed by atoms with E-state index in [1.165, 1.54) is 0 Å². The van der Waals surface area contributed by atoms with Crippen LogP contribution in [-0.4, -0.2) is 56.3 Å². The first kappa shape index (κ1) is 18.9. The molecule has 1 aliphatic heterocycles. The Morgan fingerprint density at radius 1 is 1.14 bits per heavy atom. The van der Waals surface area contributed by atoms with E-state index in [4.69, 9.17) is 11.6 Å². The molecule has 4 rings (SSSR count). The molecule has 146 valence electrons. The molecule has 1 saturated heterocycles. The minimum Gasteiger partial charge on any atom is -0.337 e. The molecule has 0 N–H and O–H groups in total. The summed E-state index contributed by atoms with van der Waals surface area (Å²) in [5.41, 5.74) is 3.91. The monoisotopic (exact) mass is 397 g/mol. The summed E-state index contributed by atoms with van der Waals surface area (Å²) >= 11 is 6.04. The lowest BCUT2D eigenvalue weighted by Gasteiger charge is -2.22. The lowest BCUT2D eigenvalue weighted by atomic mass is 10.2. The summed E-state index contributed by atoms with van der Waals surface area (Å²) in [6.07, 6.45) is 2.86. The molecular weight excluding hydrogens is 374 g/mol. The Labute approximate surface area is 169 Å².